The van der Waals surface area contributed by atoms with Crippen LogP contribution in [0.15, 0.2) is 24.3 Å². The molecule has 1 aromatic heterocycles. The van der Waals surface area contributed by atoms with Crippen LogP contribution < -0.4 is 5.32 Å². The van der Waals surface area contributed by atoms with E-state index in [-0.39, 0.29) is 11.8 Å². The van der Waals surface area contributed by atoms with Crippen LogP contribution in [0.5, 0.6) is 0 Å². The molecular weight excluding hydrogens is 382 g/mol. The summed E-state index contributed by atoms with van der Waals surface area (Å²) < 4.78 is 2.42. The molecule has 2 aromatic rings. The van der Waals surface area contributed by atoms with Crippen molar-refractivity contribution in [3.05, 3.63) is 30.1 Å². The van der Waals surface area contributed by atoms with Crippen LogP contribution in [0.2, 0.25) is 0 Å². The molecule has 4 nitrogen and oxygen atoms in total. The summed E-state index contributed by atoms with van der Waals surface area (Å²) in [5, 5.41) is 3.12. The van der Waals surface area contributed by atoms with Crippen LogP contribution in [0.1, 0.15) is 104 Å². The number of imidazole rings is 1. The minimum atomic E-state index is 0.149. The van der Waals surface area contributed by atoms with Crippen LogP contribution >= 0.6 is 0 Å². The monoisotopic (exact) mass is 427 g/mol. The standard InChI is InChI=1S/C27H45N3O/c1-4-7-8-9-10-11-12-13-16-22-30-25-19-15-14-18-24(25)29-26(30)20-17-21-28-27(31)23(5-2)6-3/h14-15,18-19,23H,4-13,16-17,20-22H2,1-3H3,(H,28,31). The van der Waals surface area contributed by atoms with Crippen molar-refractivity contribution in [2.45, 2.75) is 111 Å². The number of rotatable bonds is 17. The highest BCUT2D eigenvalue weighted by atomic mass is 16.1. The van der Waals surface area contributed by atoms with Crippen LogP contribution in [0, 0.1) is 5.92 Å². The first-order chi connectivity index (χ1) is 15.2. The number of benzene rings is 1. The van der Waals surface area contributed by atoms with Crippen molar-refractivity contribution in [1.82, 2.24) is 14.9 Å². The van der Waals surface area contributed by atoms with E-state index in [1.807, 2.05) is 0 Å². The molecule has 31 heavy (non-hydrogen) atoms. The minimum Gasteiger partial charge on any atom is -0.356 e. The Kier molecular flexibility index (Phi) is 12.3. The molecule has 0 aliphatic rings. The van der Waals surface area contributed by atoms with Crippen LogP contribution in [0.3, 0.4) is 0 Å². The second-order valence-corrected chi connectivity index (χ2v) is 8.90. The molecule has 0 fully saturated rings. The van der Waals surface area contributed by atoms with Gasteiger partial charge < -0.3 is 9.88 Å². The Labute approximate surface area is 190 Å². The molecular formula is C27H45N3O. The maximum atomic E-state index is 12.2. The number of unbranched alkanes of at least 4 members (excludes halogenated alkanes) is 8. The third-order valence-electron chi connectivity index (χ3n) is 6.45. The first kappa shape index (κ1) is 25.4. The number of carbonyl (C=O) groups excluding carboxylic acids is 1. The average Bonchev–Trinajstić information content (AvgIpc) is 3.14. The van der Waals surface area contributed by atoms with E-state index in [1.54, 1.807) is 0 Å². The van der Waals surface area contributed by atoms with E-state index in [4.69, 9.17) is 4.98 Å². The van der Waals surface area contributed by atoms with Crippen molar-refractivity contribution in [3.63, 3.8) is 0 Å². The summed E-state index contributed by atoms with van der Waals surface area (Å²) in [4.78, 5) is 17.1. The van der Waals surface area contributed by atoms with E-state index in [0.29, 0.717) is 0 Å². The first-order valence-electron chi connectivity index (χ1n) is 12.9. The summed E-state index contributed by atoms with van der Waals surface area (Å²) in [6.45, 7) is 8.23. The van der Waals surface area contributed by atoms with Crippen molar-refractivity contribution in [2.75, 3.05) is 6.54 Å². The Balaban J connectivity index is 1.79. The molecule has 0 saturated heterocycles. The summed E-state index contributed by atoms with van der Waals surface area (Å²) in [7, 11) is 0. The number of aromatic nitrogens is 2. The zero-order chi connectivity index (χ0) is 22.3. The van der Waals surface area contributed by atoms with E-state index in [0.717, 1.165) is 50.1 Å². The normalized spacial score (nSPS) is 11.5. The zero-order valence-electron chi connectivity index (χ0n) is 20.3. The lowest BCUT2D eigenvalue weighted by Gasteiger charge is -2.13. The van der Waals surface area contributed by atoms with Crippen LogP contribution in [-0.2, 0) is 17.8 Å². The topological polar surface area (TPSA) is 46.9 Å². The molecule has 1 heterocycles. The highest BCUT2D eigenvalue weighted by molar-refractivity contribution is 5.78. The number of fused-ring (bicyclic) bond motifs is 1. The van der Waals surface area contributed by atoms with Gasteiger partial charge in [0.05, 0.1) is 11.0 Å². The fourth-order valence-corrected chi connectivity index (χ4v) is 4.41. The third kappa shape index (κ3) is 8.66. The number of amides is 1. The van der Waals surface area contributed by atoms with E-state index < -0.39 is 0 Å². The summed E-state index contributed by atoms with van der Waals surface area (Å²) in [5.41, 5.74) is 2.34. The molecule has 0 aliphatic carbocycles. The molecule has 0 spiro atoms. The van der Waals surface area contributed by atoms with E-state index >= 15 is 0 Å². The number of hydrogen-bond donors (Lipinski definition) is 1. The molecule has 0 saturated carbocycles. The summed E-state index contributed by atoms with van der Waals surface area (Å²) in [5.74, 6) is 1.52. The predicted octanol–water partition coefficient (Wildman–Crippen LogP) is 7.05. The van der Waals surface area contributed by atoms with Gasteiger partial charge >= 0.3 is 0 Å². The summed E-state index contributed by atoms with van der Waals surface area (Å²) >= 11 is 0. The van der Waals surface area contributed by atoms with E-state index in [1.165, 1.54) is 63.3 Å². The third-order valence-corrected chi connectivity index (χ3v) is 6.45. The van der Waals surface area contributed by atoms with E-state index in [2.05, 4.69) is 54.9 Å². The molecule has 0 bridgehead atoms. The van der Waals surface area contributed by atoms with Gasteiger partial charge in [0.25, 0.3) is 0 Å². The second-order valence-electron chi connectivity index (χ2n) is 8.90. The predicted molar refractivity (Wildman–Crippen MR) is 132 cm³/mol. The SMILES string of the molecule is CCCCCCCCCCCn1c(CCCNC(=O)C(CC)CC)nc2ccccc21. The zero-order valence-corrected chi connectivity index (χ0v) is 20.3. The van der Waals surface area contributed by atoms with Crippen molar-refractivity contribution in [2.24, 2.45) is 5.92 Å². The highest BCUT2D eigenvalue weighted by Gasteiger charge is 2.14. The Hall–Kier alpha value is -1.84. The number of para-hydroxylation sites is 2. The first-order valence-corrected chi connectivity index (χ1v) is 12.9. The maximum Gasteiger partial charge on any atom is 0.223 e. The van der Waals surface area contributed by atoms with Crippen LogP contribution in [0.4, 0.5) is 0 Å². The molecule has 1 N–H and O–H groups in total. The average molecular weight is 428 g/mol. The van der Waals surface area contributed by atoms with Gasteiger partial charge in [0, 0.05) is 25.4 Å². The molecule has 1 aromatic carbocycles. The van der Waals surface area contributed by atoms with Gasteiger partial charge in [-0.1, -0.05) is 84.3 Å². The lowest BCUT2D eigenvalue weighted by molar-refractivity contribution is -0.125. The van der Waals surface area contributed by atoms with Crippen molar-refractivity contribution in [1.29, 1.82) is 0 Å². The lowest BCUT2D eigenvalue weighted by atomic mass is 10.0. The Bertz CT molecular complexity index is 748. The van der Waals surface area contributed by atoms with Gasteiger partial charge in [0.1, 0.15) is 5.82 Å². The number of aryl methyl sites for hydroxylation is 2. The maximum absolute atomic E-state index is 12.2. The molecule has 1 amide bonds. The summed E-state index contributed by atoms with van der Waals surface area (Å²) in [6.07, 6.45) is 15.8. The molecule has 0 aliphatic heterocycles. The molecule has 0 unspecified atom stereocenters. The Morgan fingerprint density at radius 3 is 2.23 bits per heavy atom. The number of carbonyl (C=O) groups is 1. The van der Waals surface area contributed by atoms with Gasteiger partial charge in [0.15, 0.2) is 0 Å². The number of hydrogen-bond acceptors (Lipinski definition) is 2. The van der Waals surface area contributed by atoms with Gasteiger partial charge in [0.2, 0.25) is 5.91 Å². The molecule has 174 valence electrons. The van der Waals surface area contributed by atoms with Crippen molar-refractivity contribution >= 4 is 16.9 Å². The molecule has 4 heteroatoms. The van der Waals surface area contributed by atoms with Crippen molar-refractivity contribution < 1.29 is 4.79 Å². The highest BCUT2D eigenvalue weighted by Crippen LogP contribution is 2.19. The van der Waals surface area contributed by atoms with Gasteiger partial charge in [-0.15, -0.1) is 0 Å². The molecule has 0 atom stereocenters. The second kappa shape index (κ2) is 15.0. The van der Waals surface area contributed by atoms with Gasteiger partial charge in [-0.05, 0) is 37.8 Å². The smallest absolute Gasteiger partial charge is 0.223 e. The molecule has 0 radical (unpaired) electrons. The van der Waals surface area contributed by atoms with Gasteiger partial charge in [-0.3, -0.25) is 4.79 Å². The fraction of sp³-hybridized carbons (Fsp3) is 0.704. The number of nitrogens with one attached hydrogen (secondary N) is 1. The van der Waals surface area contributed by atoms with Gasteiger partial charge in [-0.2, -0.15) is 0 Å². The van der Waals surface area contributed by atoms with Gasteiger partial charge in [-0.25, -0.2) is 4.98 Å². The van der Waals surface area contributed by atoms with Crippen molar-refractivity contribution in [3.8, 4) is 0 Å². The Morgan fingerprint density at radius 2 is 1.55 bits per heavy atom. The summed E-state index contributed by atoms with van der Waals surface area (Å²) in [6, 6.07) is 8.48. The quantitative estimate of drug-likeness (QED) is 0.275. The van der Waals surface area contributed by atoms with Crippen LogP contribution in [0.25, 0.3) is 11.0 Å². The largest absolute Gasteiger partial charge is 0.356 e. The Morgan fingerprint density at radius 1 is 0.903 bits per heavy atom. The minimum absolute atomic E-state index is 0.149. The number of nitrogens with zero attached hydrogens (tertiary/aromatic N) is 2. The van der Waals surface area contributed by atoms with E-state index in [9.17, 15) is 4.79 Å². The molecule has 2 rings (SSSR count). The fourth-order valence-electron chi connectivity index (χ4n) is 4.41. The van der Waals surface area contributed by atoms with Crippen LogP contribution in [-0.4, -0.2) is 22.0 Å². The lowest BCUT2D eigenvalue weighted by Crippen LogP contribution is -2.31.